The SMILES string of the molecule is CS(=O)(=O)O.O=C(CC(=O)NCCc1cnc[nH]1)NCCc1cnc[nH]1. The molecule has 0 unspecified atom stereocenters. The summed E-state index contributed by atoms with van der Waals surface area (Å²) in [6, 6.07) is 0. The molecule has 0 aliphatic rings. The van der Waals surface area contributed by atoms with Crippen LogP contribution in [0.5, 0.6) is 0 Å². The van der Waals surface area contributed by atoms with E-state index < -0.39 is 10.1 Å². The summed E-state index contributed by atoms with van der Waals surface area (Å²) >= 11 is 0. The smallest absolute Gasteiger partial charge is 0.261 e. The fourth-order valence-electron chi connectivity index (χ4n) is 1.79. The lowest BCUT2D eigenvalue weighted by atomic mass is 10.3. The highest BCUT2D eigenvalue weighted by atomic mass is 32.2. The molecule has 2 heterocycles. The molecule has 0 spiro atoms. The molecule has 2 rings (SSSR count). The molecule has 0 aliphatic heterocycles. The van der Waals surface area contributed by atoms with Crippen LogP contribution in [-0.2, 0) is 32.5 Å². The van der Waals surface area contributed by atoms with Gasteiger partial charge in [0.25, 0.3) is 10.1 Å². The second-order valence-electron chi connectivity index (χ2n) is 5.26. The number of nitrogens with zero attached hydrogens (tertiary/aromatic N) is 2. The summed E-state index contributed by atoms with van der Waals surface area (Å²) < 4.78 is 25.9. The minimum absolute atomic E-state index is 0.161. The zero-order valence-electron chi connectivity index (χ0n) is 14.2. The molecule has 12 heteroatoms. The predicted molar refractivity (Wildman–Crippen MR) is 92.7 cm³/mol. The highest BCUT2D eigenvalue weighted by Gasteiger charge is 2.08. The van der Waals surface area contributed by atoms with Gasteiger partial charge in [0.2, 0.25) is 11.8 Å². The minimum Gasteiger partial charge on any atom is -0.355 e. The average molecular weight is 386 g/mol. The highest BCUT2D eigenvalue weighted by Crippen LogP contribution is 1.92. The molecule has 0 fully saturated rings. The third-order valence-electron chi connectivity index (χ3n) is 2.86. The van der Waals surface area contributed by atoms with Crippen LogP contribution < -0.4 is 10.6 Å². The molecular weight excluding hydrogens is 364 g/mol. The van der Waals surface area contributed by atoms with Crippen molar-refractivity contribution in [1.29, 1.82) is 0 Å². The summed E-state index contributed by atoms with van der Waals surface area (Å²) in [5.41, 5.74) is 1.89. The standard InChI is InChI=1S/C13H18N6O2.CH4O3S/c20-12(16-3-1-10-6-14-8-18-10)5-13(21)17-4-2-11-7-15-9-19-11;1-5(2,3)4/h6-9H,1-5H2,(H,14,18)(H,15,19)(H,16,20)(H,17,21);1H3,(H,2,3,4). The Morgan fingerprint density at radius 1 is 1.00 bits per heavy atom. The van der Waals surface area contributed by atoms with Crippen molar-refractivity contribution in [2.24, 2.45) is 0 Å². The van der Waals surface area contributed by atoms with Crippen LogP contribution in [-0.4, -0.2) is 64.1 Å². The zero-order valence-corrected chi connectivity index (χ0v) is 15.0. The monoisotopic (exact) mass is 386 g/mol. The quantitative estimate of drug-likeness (QED) is 0.287. The summed E-state index contributed by atoms with van der Waals surface area (Å²) in [6.45, 7) is 0.949. The van der Waals surface area contributed by atoms with Gasteiger partial charge in [0, 0.05) is 49.7 Å². The van der Waals surface area contributed by atoms with E-state index in [2.05, 4.69) is 30.6 Å². The van der Waals surface area contributed by atoms with Gasteiger partial charge >= 0.3 is 0 Å². The third-order valence-corrected chi connectivity index (χ3v) is 2.86. The molecule has 2 amide bonds. The normalized spacial score (nSPS) is 10.5. The molecule has 2 aromatic rings. The van der Waals surface area contributed by atoms with Crippen LogP contribution in [0.2, 0.25) is 0 Å². The summed E-state index contributed by atoms with van der Waals surface area (Å²) in [6.07, 6.45) is 8.45. The summed E-state index contributed by atoms with van der Waals surface area (Å²) in [5.74, 6) is -0.567. The first-order valence-electron chi connectivity index (χ1n) is 7.64. The number of hydrogen-bond donors (Lipinski definition) is 5. The average Bonchev–Trinajstić information content (AvgIpc) is 3.18. The lowest BCUT2D eigenvalue weighted by molar-refractivity contribution is -0.129. The van der Waals surface area contributed by atoms with Crippen LogP contribution in [0.4, 0.5) is 0 Å². The lowest BCUT2D eigenvalue weighted by Crippen LogP contribution is -2.33. The van der Waals surface area contributed by atoms with Gasteiger partial charge in [-0.25, -0.2) is 9.97 Å². The molecule has 0 bridgehead atoms. The first-order chi connectivity index (χ1) is 12.2. The number of nitrogens with one attached hydrogen (secondary N) is 4. The second kappa shape index (κ2) is 11.0. The summed E-state index contributed by atoms with van der Waals surface area (Å²) in [5, 5.41) is 5.38. The predicted octanol–water partition coefficient (Wildman–Crippen LogP) is -0.955. The Bertz CT molecular complexity index is 700. The van der Waals surface area contributed by atoms with Crippen LogP contribution >= 0.6 is 0 Å². The van der Waals surface area contributed by atoms with Gasteiger partial charge in [-0.15, -0.1) is 0 Å². The molecule has 0 aromatic carbocycles. The molecule has 0 atom stereocenters. The topological polar surface area (TPSA) is 170 Å². The maximum atomic E-state index is 11.6. The van der Waals surface area contributed by atoms with E-state index in [9.17, 15) is 18.0 Å². The zero-order chi connectivity index (χ0) is 19.4. The van der Waals surface area contributed by atoms with Crippen molar-refractivity contribution in [3.63, 3.8) is 0 Å². The van der Waals surface area contributed by atoms with Crippen molar-refractivity contribution in [2.45, 2.75) is 19.3 Å². The molecule has 2 aromatic heterocycles. The van der Waals surface area contributed by atoms with Gasteiger partial charge < -0.3 is 20.6 Å². The molecule has 0 saturated carbocycles. The van der Waals surface area contributed by atoms with Crippen LogP contribution in [0.3, 0.4) is 0 Å². The van der Waals surface area contributed by atoms with E-state index >= 15 is 0 Å². The van der Waals surface area contributed by atoms with E-state index in [0.29, 0.717) is 32.2 Å². The van der Waals surface area contributed by atoms with Gasteiger partial charge in [-0.1, -0.05) is 0 Å². The molecule has 26 heavy (non-hydrogen) atoms. The number of H-pyrrole nitrogens is 2. The second-order valence-corrected chi connectivity index (χ2v) is 6.73. The Balaban J connectivity index is 0.000000597. The van der Waals surface area contributed by atoms with E-state index in [-0.39, 0.29) is 18.2 Å². The van der Waals surface area contributed by atoms with E-state index in [0.717, 1.165) is 11.4 Å². The fourth-order valence-corrected chi connectivity index (χ4v) is 1.79. The molecule has 0 saturated heterocycles. The van der Waals surface area contributed by atoms with Crippen molar-refractivity contribution in [3.05, 3.63) is 36.4 Å². The van der Waals surface area contributed by atoms with Crippen molar-refractivity contribution >= 4 is 21.9 Å². The number of hydrogen-bond acceptors (Lipinski definition) is 6. The maximum Gasteiger partial charge on any atom is 0.261 e. The third kappa shape index (κ3) is 11.8. The molecule has 144 valence electrons. The van der Waals surface area contributed by atoms with E-state index in [1.807, 2.05) is 0 Å². The van der Waals surface area contributed by atoms with Gasteiger partial charge in [0.1, 0.15) is 6.42 Å². The van der Waals surface area contributed by atoms with Gasteiger partial charge in [-0.05, 0) is 0 Å². The summed E-state index contributed by atoms with van der Waals surface area (Å²) in [4.78, 5) is 36.8. The van der Waals surface area contributed by atoms with Crippen molar-refractivity contribution < 1.29 is 22.6 Å². The molecule has 5 N–H and O–H groups in total. The Morgan fingerprint density at radius 2 is 1.38 bits per heavy atom. The molecular formula is C14H22N6O5S. The molecule has 0 aliphatic carbocycles. The van der Waals surface area contributed by atoms with Crippen LogP contribution in [0, 0.1) is 0 Å². The Morgan fingerprint density at radius 3 is 1.69 bits per heavy atom. The largest absolute Gasteiger partial charge is 0.355 e. The van der Waals surface area contributed by atoms with Crippen molar-refractivity contribution in [3.8, 4) is 0 Å². The Kier molecular flexibility index (Phi) is 9.01. The summed E-state index contributed by atoms with van der Waals surface area (Å²) in [7, 11) is -3.67. The van der Waals surface area contributed by atoms with Gasteiger partial charge in [-0.3, -0.25) is 14.1 Å². The van der Waals surface area contributed by atoms with E-state index in [4.69, 9.17) is 4.55 Å². The number of rotatable bonds is 8. The molecule has 0 radical (unpaired) electrons. The maximum absolute atomic E-state index is 11.6. The highest BCUT2D eigenvalue weighted by molar-refractivity contribution is 7.85. The minimum atomic E-state index is -3.67. The van der Waals surface area contributed by atoms with Crippen LogP contribution in [0.25, 0.3) is 0 Å². The Labute approximate surface area is 150 Å². The number of imidazole rings is 2. The van der Waals surface area contributed by atoms with E-state index in [1.54, 1.807) is 25.0 Å². The van der Waals surface area contributed by atoms with Gasteiger partial charge in [-0.2, -0.15) is 8.42 Å². The van der Waals surface area contributed by atoms with Crippen molar-refractivity contribution in [1.82, 2.24) is 30.6 Å². The fraction of sp³-hybridized carbons (Fsp3) is 0.429. The van der Waals surface area contributed by atoms with Crippen LogP contribution in [0.1, 0.15) is 17.8 Å². The number of aromatic amines is 2. The number of carbonyl (C=O) groups is 2. The van der Waals surface area contributed by atoms with Crippen molar-refractivity contribution in [2.75, 3.05) is 19.3 Å². The number of aromatic nitrogens is 4. The van der Waals surface area contributed by atoms with Gasteiger partial charge in [0.15, 0.2) is 0 Å². The first-order valence-corrected chi connectivity index (χ1v) is 9.49. The number of amides is 2. The van der Waals surface area contributed by atoms with Crippen LogP contribution in [0.15, 0.2) is 25.0 Å². The van der Waals surface area contributed by atoms with Gasteiger partial charge in [0.05, 0.1) is 18.9 Å². The lowest BCUT2D eigenvalue weighted by Gasteiger charge is -2.05. The van der Waals surface area contributed by atoms with E-state index in [1.165, 1.54) is 0 Å². The first kappa shape index (κ1) is 21.3. The Hall–Kier alpha value is -2.73. The molecule has 11 nitrogen and oxygen atoms in total. The number of carbonyl (C=O) groups excluding carboxylic acids is 2.